The summed E-state index contributed by atoms with van der Waals surface area (Å²) in [5.41, 5.74) is 1.44. The quantitative estimate of drug-likeness (QED) is 0.664. The average Bonchev–Trinajstić information content (AvgIpc) is 2.47. The number of hydrogen-bond acceptors (Lipinski definition) is 2. The topological polar surface area (TPSA) is 57.6 Å². The molecule has 0 saturated carbocycles. The third-order valence-electron chi connectivity index (χ3n) is 2.55. The summed E-state index contributed by atoms with van der Waals surface area (Å²) in [5, 5.41) is 6.89. The molecule has 0 aliphatic rings. The van der Waals surface area contributed by atoms with Crippen molar-refractivity contribution in [1.29, 1.82) is 0 Å². The van der Waals surface area contributed by atoms with E-state index in [1.807, 2.05) is 23.1 Å². The van der Waals surface area contributed by atoms with Crippen LogP contribution in [0.3, 0.4) is 0 Å². The SMILES string of the molecule is C#Cc1cccc(C(=O)N(CCC)CCC)c1.O=CO. The van der Waals surface area contributed by atoms with Gasteiger partial charge in [-0.05, 0) is 31.0 Å². The Kier molecular flexibility index (Phi) is 9.41. The number of carboxylic acid groups (broad SMARTS) is 1. The highest BCUT2D eigenvalue weighted by atomic mass is 16.3. The monoisotopic (exact) mass is 275 g/mol. The van der Waals surface area contributed by atoms with E-state index in [1.54, 1.807) is 6.07 Å². The first kappa shape index (κ1) is 17.7. The Morgan fingerprint density at radius 1 is 1.35 bits per heavy atom. The number of carbonyl (C=O) groups is 2. The van der Waals surface area contributed by atoms with Gasteiger partial charge in [0.15, 0.2) is 0 Å². The van der Waals surface area contributed by atoms with Gasteiger partial charge in [0.1, 0.15) is 0 Å². The maximum atomic E-state index is 12.3. The summed E-state index contributed by atoms with van der Waals surface area (Å²) in [5.74, 6) is 2.63. The van der Waals surface area contributed by atoms with Crippen molar-refractivity contribution in [1.82, 2.24) is 4.90 Å². The Morgan fingerprint density at radius 3 is 2.35 bits per heavy atom. The molecule has 4 nitrogen and oxygen atoms in total. The first-order chi connectivity index (χ1) is 9.64. The Hall–Kier alpha value is -2.28. The van der Waals surface area contributed by atoms with Crippen molar-refractivity contribution in [3.05, 3.63) is 35.4 Å². The van der Waals surface area contributed by atoms with Crippen LogP contribution in [-0.2, 0) is 4.79 Å². The summed E-state index contributed by atoms with van der Waals surface area (Å²) in [4.78, 5) is 22.5. The van der Waals surface area contributed by atoms with Crippen molar-refractivity contribution in [3.8, 4) is 12.3 Å². The van der Waals surface area contributed by atoms with Crippen LogP contribution in [0.4, 0.5) is 0 Å². The molecule has 1 rings (SSSR count). The molecule has 1 amide bonds. The fourth-order valence-corrected chi connectivity index (χ4v) is 1.78. The molecule has 0 heterocycles. The van der Waals surface area contributed by atoms with Gasteiger partial charge in [-0.1, -0.05) is 25.8 Å². The minimum Gasteiger partial charge on any atom is -0.483 e. The van der Waals surface area contributed by atoms with Gasteiger partial charge >= 0.3 is 0 Å². The number of carbonyl (C=O) groups excluding carboxylic acids is 1. The molecule has 0 unspecified atom stereocenters. The van der Waals surface area contributed by atoms with Gasteiger partial charge in [-0.3, -0.25) is 9.59 Å². The van der Waals surface area contributed by atoms with Crippen molar-refractivity contribution < 1.29 is 14.7 Å². The molecule has 4 heteroatoms. The predicted molar refractivity (Wildman–Crippen MR) is 79.6 cm³/mol. The Morgan fingerprint density at radius 2 is 1.90 bits per heavy atom. The minimum atomic E-state index is -0.250. The van der Waals surface area contributed by atoms with E-state index in [2.05, 4.69) is 19.8 Å². The van der Waals surface area contributed by atoms with Gasteiger partial charge < -0.3 is 10.0 Å². The number of amides is 1. The zero-order valence-electron chi connectivity index (χ0n) is 12.0. The third-order valence-corrected chi connectivity index (χ3v) is 2.55. The summed E-state index contributed by atoms with van der Waals surface area (Å²) in [6.45, 7) is 5.50. The molecule has 0 bridgehead atoms. The van der Waals surface area contributed by atoms with E-state index < -0.39 is 0 Å². The minimum absolute atomic E-state index is 0.0748. The maximum Gasteiger partial charge on any atom is 0.290 e. The van der Waals surface area contributed by atoms with Crippen molar-refractivity contribution in [3.63, 3.8) is 0 Å². The van der Waals surface area contributed by atoms with Crippen LogP contribution < -0.4 is 0 Å². The van der Waals surface area contributed by atoms with Crippen LogP contribution in [-0.4, -0.2) is 35.5 Å². The van der Waals surface area contributed by atoms with Crippen molar-refractivity contribution in [2.45, 2.75) is 26.7 Å². The van der Waals surface area contributed by atoms with Gasteiger partial charge in [-0.2, -0.15) is 0 Å². The summed E-state index contributed by atoms with van der Waals surface area (Å²) in [6, 6.07) is 7.27. The van der Waals surface area contributed by atoms with Gasteiger partial charge in [-0.25, -0.2) is 0 Å². The van der Waals surface area contributed by atoms with Crippen LogP contribution in [0.1, 0.15) is 42.6 Å². The fraction of sp³-hybridized carbons (Fsp3) is 0.375. The summed E-state index contributed by atoms with van der Waals surface area (Å²) in [6.07, 6.45) is 7.28. The fourth-order valence-electron chi connectivity index (χ4n) is 1.78. The summed E-state index contributed by atoms with van der Waals surface area (Å²) in [7, 11) is 0. The highest BCUT2D eigenvalue weighted by molar-refractivity contribution is 5.94. The summed E-state index contributed by atoms with van der Waals surface area (Å²) >= 11 is 0. The maximum absolute atomic E-state index is 12.3. The van der Waals surface area contributed by atoms with Crippen molar-refractivity contribution in [2.75, 3.05) is 13.1 Å². The van der Waals surface area contributed by atoms with Crippen LogP contribution in [0, 0.1) is 12.3 Å². The molecule has 0 aliphatic carbocycles. The predicted octanol–water partition coefficient (Wildman–Crippen LogP) is 2.63. The van der Waals surface area contributed by atoms with Crippen LogP contribution in [0.2, 0.25) is 0 Å². The molecule has 0 saturated heterocycles. The molecule has 1 N–H and O–H groups in total. The molecule has 1 aromatic rings. The lowest BCUT2D eigenvalue weighted by Gasteiger charge is -2.21. The van der Waals surface area contributed by atoms with E-state index in [1.165, 1.54) is 0 Å². The standard InChI is InChI=1S/C15H19NO.CH2O2/c1-4-10-16(11-5-2)15(17)14-9-7-8-13(6-3)12-14;2-1-3/h3,7-9,12H,4-5,10-11H2,1-2H3;1H,(H,2,3). The summed E-state index contributed by atoms with van der Waals surface area (Å²) < 4.78 is 0. The number of terminal acetylenes is 1. The molecule has 0 spiro atoms. The molecular weight excluding hydrogens is 254 g/mol. The van der Waals surface area contributed by atoms with E-state index in [0.29, 0.717) is 5.56 Å². The Bertz CT molecular complexity index is 457. The van der Waals surface area contributed by atoms with Crippen molar-refractivity contribution >= 4 is 12.4 Å². The molecule has 108 valence electrons. The van der Waals surface area contributed by atoms with Crippen molar-refractivity contribution in [2.24, 2.45) is 0 Å². The lowest BCUT2D eigenvalue weighted by atomic mass is 10.1. The first-order valence-electron chi connectivity index (χ1n) is 6.58. The second-order valence-electron chi connectivity index (χ2n) is 4.12. The van der Waals surface area contributed by atoms with Gasteiger partial charge in [0, 0.05) is 24.2 Å². The molecule has 0 aromatic heterocycles. The number of benzene rings is 1. The lowest BCUT2D eigenvalue weighted by Crippen LogP contribution is -2.32. The van der Waals surface area contributed by atoms with Gasteiger partial charge in [-0.15, -0.1) is 6.42 Å². The first-order valence-corrected chi connectivity index (χ1v) is 6.58. The molecule has 0 radical (unpaired) electrons. The Labute approximate surface area is 120 Å². The van der Waals surface area contributed by atoms with Crippen LogP contribution in [0.5, 0.6) is 0 Å². The normalized spacial score (nSPS) is 8.85. The number of hydrogen-bond donors (Lipinski definition) is 1. The molecule has 20 heavy (non-hydrogen) atoms. The molecular formula is C16H21NO3. The van der Waals surface area contributed by atoms with Crippen LogP contribution in [0.15, 0.2) is 24.3 Å². The highest BCUT2D eigenvalue weighted by Crippen LogP contribution is 2.09. The second kappa shape index (κ2) is 10.6. The van der Waals surface area contributed by atoms with Gasteiger partial charge in [0.25, 0.3) is 12.4 Å². The van der Waals surface area contributed by atoms with Gasteiger partial charge in [0.05, 0.1) is 0 Å². The molecule has 0 fully saturated rings. The largest absolute Gasteiger partial charge is 0.483 e. The van der Waals surface area contributed by atoms with E-state index in [0.717, 1.165) is 31.5 Å². The van der Waals surface area contributed by atoms with Crippen LogP contribution in [0.25, 0.3) is 0 Å². The zero-order chi connectivity index (χ0) is 15.4. The number of rotatable bonds is 5. The Balaban J connectivity index is 0.00000110. The number of nitrogens with zero attached hydrogens (tertiary/aromatic N) is 1. The molecule has 0 atom stereocenters. The lowest BCUT2D eigenvalue weighted by molar-refractivity contribution is -0.122. The van der Waals surface area contributed by atoms with E-state index in [4.69, 9.17) is 16.3 Å². The van der Waals surface area contributed by atoms with E-state index in [-0.39, 0.29) is 12.4 Å². The third kappa shape index (κ3) is 6.05. The smallest absolute Gasteiger partial charge is 0.290 e. The van der Waals surface area contributed by atoms with Crippen LogP contribution >= 0.6 is 0 Å². The second-order valence-corrected chi connectivity index (χ2v) is 4.12. The highest BCUT2D eigenvalue weighted by Gasteiger charge is 2.13. The molecule has 0 aliphatic heterocycles. The van der Waals surface area contributed by atoms with E-state index >= 15 is 0 Å². The molecule has 1 aromatic carbocycles. The van der Waals surface area contributed by atoms with Gasteiger partial charge in [0.2, 0.25) is 0 Å². The average molecular weight is 275 g/mol. The van der Waals surface area contributed by atoms with E-state index in [9.17, 15) is 4.79 Å². The zero-order valence-corrected chi connectivity index (χ0v) is 12.0.